The summed E-state index contributed by atoms with van der Waals surface area (Å²) >= 11 is 0. The van der Waals surface area contributed by atoms with E-state index < -0.39 is 5.56 Å². The molecule has 0 saturated carbocycles. The van der Waals surface area contributed by atoms with Gasteiger partial charge in [-0.05, 0) is 18.2 Å². The van der Waals surface area contributed by atoms with Gasteiger partial charge in [0.2, 0.25) is 5.75 Å². The SMILES string of the molecule is COc1c(O)c(=O)n(C)c2cc(N(C)C)ccc12. The number of hydrogen-bond donors (Lipinski definition) is 1. The summed E-state index contributed by atoms with van der Waals surface area (Å²) in [5.74, 6) is -0.136. The maximum absolute atomic E-state index is 11.9. The zero-order valence-corrected chi connectivity index (χ0v) is 10.9. The number of benzene rings is 1. The number of aryl methyl sites for hydroxylation is 1. The third kappa shape index (κ3) is 1.68. The highest BCUT2D eigenvalue weighted by Gasteiger charge is 2.15. The van der Waals surface area contributed by atoms with Gasteiger partial charge in [0.1, 0.15) is 0 Å². The molecule has 1 aromatic heterocycles. The van der Waals surface area contributed by atoms with E-state index in [1.165, 1.54) is 11.7 Å². The van der Waals surface area contributed by atoms with Gasteiger partial charge in [0.05, 0.1) is 12.6 Å². The quantitative estimate of drug-likeness (QED) is 0.871. The first kappa shape index (κ1) is 12.3. The highest BCUT2D eigenvalue weighted by Crippen LogP contribution is 2.32. The highest BCUT2D eigenvalue weighted by molar-refractivity contribution is 5.90. The Bertz CT molecular complexity index is 659. The van der Waals surface area contributed by atoms with Crippen LogP contribution in [0.25, 0.3) is 10.9 Å². The van der Waals surface area contributed by atoms with Crippen molar-refractivity contribution in [1.82, 2.24) is 4.57 Å². The van der Waals surface area contributed by atoms with Crippen LogP contribution in [0, 0.1) is 0 Å². The van der Waals surface area contributed by atoms with Crippen molar-refractivity contribution in [1.29, 1.82) is 0 Å². The van der Waals surface area contributed by atoms with Crippen LogP contribution in [0.15, 0.2) is 23.0 Å². The summed E-state index contributed by atoms with van der Waals surface area (Å²) in [6.07, 6.45) is 0. The molecule has 0 amide bonds. The van der Waals surface area contributed by atoms with Gasteiger partial charge in [0.25, 0.3) is 5.56 Å². The van der Waals surface area contributed by atoms with E-state index >= 15 is 0 Å². The van der Waals surface area contributed by atoms with Gasteiger partial charge >= 0.3 is 0 Å². The van der Waals surface area contributed by atoms with Crippen LogP contribution in [0.2, 0.25) is 0 Å². The Morgan fingerprint density at radius 1 is 1.33 bits per heavy atom. The number of pyridine rings is 1. The third-order valence-electron chi connectivity index (χ3n) is 3.03. The lowest BCUT2D eigenvalue weighted by Gasteiger charge is -2.16. The Kier molecular flexibility index (Phi) is 2.90. The lowest BCUT2D eigenvalue weighted by atomic mass is 10.1. The molecule has 0 aliphatic heterocycles. The summed E-state index contributed by atoms with van der Waals surface area (Å²) in [5.41, 5.74) is 1.24. The fourth-order valence-electron chi connectivity index (χ4n) is 1.97. The van der Waals surface area contributed by atoms with Crippen molar-refractivity contribution in [3.05, 3.63) is 28.6 Å². The van der Waals surface area contributed by atoms with Crippen molar-refractivity contribution in [2.24, 2.45) is 7.05 Å². The van der Waals surface area contributed by atoms with E-state index in [2.05, 4.69) is 0 Å². The minimum absolute atomic E-state index is 0.221. The topological polar surface area (TPSA) is 54.7 Å². The number of ether oxygens (including phenoxy) is 1. The number of fused-ring (bicyclic) bond motifs is 1. The van der Waals surface area contributed by atoms with Crippen LogP contribution in [0.5, 0.6) is 11.5 Å². The van der Waals surface area contributed by atoms with Crippen LogP contribution >= 0.6 is 0 Å². The number of aromatic nitrogens is 1. The average molecular weight is 248 g/mol. The van der Waals surface area contributed by atoms with Crippen LogP contribution in [-0.4, -0.2) is 30.9 Å². The highest BCUT2D eigenvalue weighted by atomic mass is 16.5. The van der Waals surface area contributed by atoms with Crippen LogP contribution < -0.4 is 15.2 Å². The van der Waals surface area contributed by atoms with Crippen LogP contribution in [-0.2, 0) is 7.05 Å². The number of aromatic hydroxyl groups is 1. The first-order valence-electron chi connectivity index (χ1n) is 5.54. The largest absolute Gasteiger partial charge is 0.500 e. The van der Waals surface area contributed by atoms with Crippen LogP contribution in [0.4, 0.5) is 5.69 Å². The molecule has 1 aromatic carbocycles. The zero-order chi connectivity index (χ0) is 13.4. The van der Waals surface area contributed by atoms with Gasteiger partial charge in [-0.3, -0.25) is 4.79 Å². The molecule has 5 nitrogen and oxygen atoms in total. The molecular formula is C13H16N2O3. The maximum atomic E-state index is 11.9. The van der Waals surface area contributed by atoms with E-state index in [9.17, 15) is 9.90 Å². The summed E-state index contributed by atoms with van der Waals surface area (Å²) in [5, 5.41) is 10.5. The van der Waals surface area contributed by atoms with E-state index in [1.807, 2.05) is 37.2 Å². The van der Waals surface area contributed by atoms with Gasteiger partial charge in [-0.2, -0.15) is 0 Å². The fourth-order valence-corrected chi connectivity index (χ4v) is 1.97. The van der Waals surface area contributed by atoms with Gasteiger partial charge in [-0.25, -0.2) is 0 Å². The Morgan fingerprint density at radius 2 is 2.00 bits per heavy atom. The number of anilines is 1. The zero-order valence-electron chi connectivity index (χ0n) is 10.9. The molecule has 1 N–H and O–H groups in total. The Balaban J connectivity index is 2.91. The second-order valence-electron chi connectivity index (χ2n) is 4.34. The average Bonchev–Trinajstić information content (AvgIpc) is 2.36. The first-order valence-corrected chi connectivity index (χ1v) is 5.54. The molecule has 1 heterocycles. The Hall–Kier alpha value is -2.17. The molecule has 2 aromatic rings. The second kappa shape index (κ2) is 4.25. The minimum atomic E-state index is -0.463. The monoisotopic (exact) mass is 248 g/mol. The molecule has 0 aliphatic rings. The van der Waals surface area contributed by atoms with E-state index in [0.29, 0.717) is 5.39 Å². The van der Waals surface area contributed by atoms with Crippen molar-refractivity contribution in [2.45, 2.75) is 0 Å². The molecule has 0 atom stereocenters. The normalized spacial score (nSPS) is 10.7. The molecule has 0 bridgehead atoms. The summed E-state index contributed by atoms with van der Waals surface area (Å²) in [4.78, 5) is 13.8. The van der Waals surface area contributed by atoms with Crippen molar-refractivity contribution in [3.63, 3.8) is 0 Å². The Labute approximate surface area is 105 Å². The van der Waals surface area contributed by atoms with Crippen LogP contribution in [0.1, 0.15) is 0 Å². The van der Waals surface area contributed by atoms with E-state index in [1.54, 1.807) is 7.05 Å². The van der Waals surface area contributed by atoms with Crippen molar-refractivity contribution < 1.29 is 9.84 Å². The summed E-state index contributed by atoms with van der Waals surface area (Å²) in [6.45, 7) is 0. The first-order chi connectivity index (χ1) is 8.47. The van der Waals surface area contributed by atoms with Crippen molar-refractivity contribution in [3.8, 4) is 11.5 Å². The maximum Gasteiger partial charge on any atom is 0.296 e. The molecule has 18 heavy (non-hydrogen) atoms. The fraction of sp³-hybridized carbons (Fsp3) is 0.308. The third-order valence-corrected chi connectivity index (χ3v) is 3.03. The predicted octanol–water partition coefficient (Wildman–Crippen LogP) is 1.32. The lowest BCUT2D eigenvalue weighted by Crippen LogP contribution is -2.18. The number of hydrogen-bond acceptors (Lipinski definition) is 4. The summed E-state index contributed by atoms with van der Waals surface area (Å²) in [6, 6.07) is 5.64. The molecule has 5 heteroatoms. The molecule has 0 spiro atoms. The molecule has 0 saturated heterocycles. The summed E-state index contributed by atoms with van der Waals surface area (Å²) in [7, 11) is 6.92. The number of rotatable bonds is 2. The minimum Gasteiger partial charge on any atom is -0.500 e. The molecule has 96 valence electrons. The van der Waals surface area contributed by atoms with Gasteiger partial charge in [0, 0.05) is 32.2 Å². The molecule has 0 fully saturated rings. The molecule has 0 radical (unpaired) electrons. The van der Waals surface area contributed by atoms with Gasteiger partial charge in [-0.1, -0.05) is 0 Å². The van der Waals surface area contributed by atoms with Crippen molar-refractivity contribution >= 4 is 16.6 Å². The standard InChI is InChI=1S/C13H16N2O3/c1-14(2)8-5-6-9-10(7-8)15(3)13(17)11(16)12(9)18-4/h5-7,16H,1-4H3. The molecular weight excluding hydrogens is 232 g/mol. The second-order valence-corrected chi connectivity index (χ2v) is 4.34. The van der Waals surface area contributed by atoms with Gasteiger partial charge in [0.15, 0.2) is 5.75 Å². The van der Waals surface area contributed by atoms with E-state index in [-0.39, 0.29) is 11.5 Å². The van der Waals surface area contributed by atoms with E-state index in [0.717, 1.165) is 11.2 Å². The predicted molar refractivity (Wildman–Crippen MR) is 71.7 cm³/mol. The van der Waals surface area contributed by atoms with Gasteiger partial charge in [-0.15, -0.1) is 0 Å². The van der Waals surface area contributed by atoms with Crippen LogP contribution in [0.3, 0.4) is 0 Å². The van der Waals surface area contributed by atoms with Crippen molar-refractivity contribution in [2.75, 3.05) is 26.1 Å². The molecule has 0 aliphatic carbocycles. The molecule has 0 unspecified atom stereocenters. The number of nitrogens with zero attached hydrogens (tertiary/aromatic N) is 2. The number of methoxy groups -OCH3 is 1. The smallest absolute Gasteiger partial charge is 0.296 e. The Morgan fingerprint density at radius 3 is 2.56 bits per heavy atom. The molecule has 2 rings (SSSR count). The lowest BCUT2D eigenvalue weighted by molar-refractivity contribution is 0.372. The van der Waals surface area contributed by atoms with E-state index in [4.69, 9.17) is 4.74 Å². The summed E-state index contributed by atoms with van der Waals surface area (Å²) < 4.78 is 6.53. The van der Waals surface area contributed by atoms with Gasteiger partial charge < -0.3 is 19.3 Å².